The Bertz CT molecular complexity index is 1050. The van der Waals surface area contributed by atoms with Crippen LogP contribution >= 0.6 is 0 Å². The molecule has 5 rings (SSSR count). The largest absolute Gasteiger partial charge is 0.351 e. The number of alkyl halides is 1. The zero-order valence-corrected chi connectivity index (χ0v) is 16.4. The van der Waals surface area contributed by atoms with E-state index in [2.05, 4.69) is 26.3 Å². The van der Waals surface area contributed by atoms with E-state index < -0.39 is 5.67 Å². The first-order valence-corrected chi connectivity index (χ1v) is 10.5. The number of imidazole rings is 1. The Morgan fingerprint density at radius 1 is 1.07 bits per heavy atom. The molecule has 150 valence electrons. The van der Waals surface area contributed by atoms with Gasteiger partial charge in [-0.25, -0.2) is 24.3 Å². The number of anilines is 1. The summed E-state index contributed by atoms with van der Waals surface area (Å²) >= 11 is 0. The van der Waals surface area contributed by atoms with Gasteiger partial charge in [0.1, 0.15) is 5.67 Å². The molecule has 0 aromatic carbocycles. The second-order valence-corrected chi connectivity index (χ2v) is 8.11. The van der Waals surface area contributed by atoms with Crippen molar-refractivity contribution in [3.8, 4) is 0 Å². The molecule has 3 heterocycles. The number of aromatic nitrogens is 5. The van der Waals surface area contributed by atoms with Gasteiger partial charge in [0, 0.05) is 42.1 Å². The number of rotatable bonds is 4. The molecule has 0 bridgehead atoms. The number of allylic oxidation sites excluding steroid dienone is 1. The molecule has 3 aromatic rings. The van der Waals surface area contributed by atoms with Crippen molar-refractivity contribution in [2.45, 2.75) is 57.0 Å². The topological polar surface area (TPSA) is 68.0 Å². The number of nitrogens with zero attached hydrogens (tertiary/aromatic N) is 5. The summed E-state index contributed by atoms with van der Waals surface area (Å²) < 4.78 is 16.8. The number of fused-ring (bicyclic) bond motifs is 2. The Kier molecular flexibility index (Phi) is 4.73. The first-order chi connectivity index (χ1) is 14.2. The summed E-state index contributed by atoms with van der Waals surface area (Å²) in [7, 11) is 0. The molecular formula is C22H25FN6. The first kappa shape index (κ1) is 18.2. The highest BCUT2D eigenvalue weighted by Crippen LogP contribution is 2.33. The minimum Gasteiger partial charge on any atom is -0.351 e. The molecule has 0 amide bonds. The van der Waals surface area contributed by atoms with Crippen molar-refractivity contribution < 1.29 is 4.39 Å². The smallest absolute Gasteiger partial charge is 0.233 e. The van der Waals surface area contributed by atoms with Crippen molar-refractivity contribution in [1.29, 1.82) is 0 Å². The predicted molar refractivity (Wildman–Crippen MR) is 110 cm³/mol. The second kappa shape index (κ2) is 7.54. The highest BCUT2D eigenvalue weighted by molar-refractivity contribution is 5.80. The minimum atomic E-state index is -1.13. The van der Waals surface area contributed by atoms with E-state index in [-0.39, 0.29) is 6.54 Å². The van der Waals surface area contributed by atoms with Crippen LogP contribution in [-0.2, 0) is 6.42 Å². The maximum atomic E-state index is 14.9. The molecule has 3 aromatic heterocycles. The number of halogens is 1. The van der Waals surface area contributed by atoms with Crippen molar-refractivity contribution in [2.75, 3.05) is 11.9 Å². The third-order valence-electron chi connectivity index (χ3n) is 5.99. The van der Waals surface area contributed by atoms with Gasteiger partial charge >= 0.3 is 0 Å². The van der Waals surface area contributed by atoms with Crippen molar-refractivity contribution in [1.82, 2.24) is 24.3 Å². The molecular weight excluding hydrogens is 367 g/mol. The van der Waals surface area contributed by atoms with E-state index in [0.29, 0.717) is 24.6 Å². The normalized spacial score (nSPS) is 18.7. The Morgan fingerprint density at radius 3 is 2.86 bits per heavy atom. The molecule has 0 atom stereocenters. The van der Waals surface area contributed by atoms with E-state index in [1.54, 1.807) is 6.20 Å². The van der Waals surface area contributed by atoms with E-state index in [0.717, 1.165) is 60.9 Å². The van der Waals surface area contributed by atoms with Gasteiger partial charge < -0.3 is 5.32 Å². The van der Waals surface area contributed by atoms with E-state index in [1.165, 1.54) is 0 Å². The van der Waals surface area contributed by atoms with Gasteiger partial charge in [-0.1, -0.05) is 25.3 Å². The average Bonchev–Trinajstić information content (AvgIpc) is 3.11. The fourth-order valence-electron chi connectivity index (χ4n) is 4.37. The van der Waals surface area contributed by atoms with Gasteiger partial charge in [0.05, 0.1) is 12.2 Å². The van der Waals surface area contributed by atoms with Crippen LogP contribution in [0.2, 0.25) is 0 Å². The maximum absolute atomic E-state index is 14.9. The monoisotopic (exact) mass is 392 g/mol. The Labute approximate surface area is 169 Å². The van der Waals surface area contributed by atoms with Crippen molar-refractivity contribution in [2.24, 2.45) is 0 Å². The van der Waals surface area contributed by atoms with E-state index in [1.807, 2.05) is 29.2 Å². The maximum Gasteiger partial charge on any atom is 0.233 e. The summed E-state index contributed by atoms with van der Waals surface area (Å²) in [6.07, 6.45) is 18.8. The lowest BCUT2D eigenvalue weighted by Crippen LogP contribution is -2.34. The molecule has 6 nitrogen and oxygen atoms in total. The number of aryl methyl sites for hydroxylation is 1. The number of hydrogen-bond donors (Lipinski definition) is 1. The fraction of sp³-hybridized carbons (Fsp3) is 0.455. The average molecular weight is 392 g/mol. The summed E-state index contributed by atoms with van der Waals surface area (Å²) in [6, 6.07) is 0. The lowest BCUT2D eigenvalue weighted by atomic mass is 9.86. The molecule has 0 unspecified atom stereocenters. The lowest BCUT2D eigenvalue weighted by molar-refractivity contribution is 0.122. The van der Waals surface area contributed by atoms with Crippen LogP contribution in [0.1, 0.15) is 61.8 Å². The third kappa shape index (κ3) is 3.73. The van der Waals surface area contributed by atoms with E-state index in [4.69, 9.17) is 4.98 Å². The van der Waals surface area contributed by atoms with E-state index in [9.17, 15) is 4.39 Å². The molecule has 0 spiro atoms. The molecule has 1 N–H and O–H groups in total. The van der Waals surface area contributed by atoms with Crippen molar-refractivity contribution in [3.63, 3.8) is 0 Å². The molecule has 2 aliphatic carbocycles. The van der Waals surface area contributed by atoms with Gasteiger partial charge in [-0.2, -0.15) is 0 Å². The third-order valence-corrected chi connectivity index (χ3v) is 5.99. The molecule has 0 radical (unpaired) electrons. The molecule has 7 heteroatoms. The van der Waals surface area contributed by atoms with Crippen LogP contribution < -0.4 is 5.32 Å². The van der Waals surface area contributed by atoms with Gasteiger partial charge in [0.2, 0.25) is 11.7 Å². The summed E-state index contributed by atoms with van der Waals surface area (Å²) in [5.41, 5.74) is 3.02. The Hall–Kier alpha value is -2.83. The van der Waals surface area contributed by atoms with Crippen LogP contribution in [0.4, 0.5) is 10.3 Å². The van der Waals surface area contributed by atoms with Gasteiger partial charge in [-0.3, -0.25) is 4.40 Å². The van der Waals surface area contributed by atoms with Crippen molar-refractivity contribution in [3.05, 3.63) is 53.9 Å². The number of nitrogens with one attached hydrogen (secondary N) is 1. The van der Waals surface area contributed by atoms with Crippen LogP contribution in [-0.4, -0.2) is 36.6 Å². The van der Waals surface area contributed by atoms with Crippen LogP contribution in [0.3, 0.4) is 0 Å². The summed E-state index contributed by atoms with van der Waals surface area (Å²) in [5.74, 6) is 1.21. The molecule has 1 fully saturated rings. The zero-order valence-electron chi connectivity index (χ0n) is 16.4. The standard InChI is InChI=1S/C22H25FN6/c23-22(8-4-1-5-9-22)15-27-20-25-13-18-17(6-2-3-7-19(18)28-20)16-12-26-21-24-10-11-29(21)14-16/h6,10-14H,1-5,7-9,15H2,(H,25,27,28). The first-order valence-electron chi connectivity index (χ1n) is 10.5. The van der Waals surface area contributed by atoms with Gasteiger partial charge in [0.15, 0.2) is 0 Å². The van der Waals surface area contributed by atoms with Crippen LogP contribution in [0.5, 0.6) is 0 Å². The number of hydrogen-bond acceptors (Lipinski definition) is 5. The van der Waals surface area contributed by atoms with Crippen LogP contribution in [0, 0.1) is 0 Å². The summed E-state index contributed by atoms with van der Waals surface area (Å²) in [4.78, 5) is 17.9. The Morgan fingerprint density at radius 2 is 1.97 bits per heavy atom. The van der Waals surface area contributed by atoms with E-state index >= 15 is 0 Å². The molecule has 2 aliphatic rings. The lowest BCUT2D eigenvalue weighted by Gasteiger charge is -2.29. The van der Waals surface area contributed by atoms with Gasteiger partial charge in [-0.05, 0) is 37.7 Å². The second-order valence-electron chi connectivity index (χ2n) is 8.11. The highest BCUT2D eigenvalue weighted by Gasteiger charge is 2.31. The van der Waals surface area contributed by atoms with Gasteiger partial charge in [0.25, 0.3) is 0 Å². The van der Waals surface area contributed by atoms with Crippen molar-refractivity contribution >= 4 is 17.3 Å². The van der Waals surface area contributed by atoms with Crippen LogP contribution in [0.25, 0.3) is 11.4 Å². The zero-order chi connectivity index (χ0) is 19.7. The molecule has 1 saturated carbocycles. The predicted octanol–water partition coefficient (Wildman–Crippen LogP) is 4.37. The molecule has 29 heavy (non-hydrogen) atoms. The minimum absolute atomic E-state index is 0.287. The van der Waals surface area contributed by atoms with Crippen LogP contribution in [0.15, 0.2) is 37.1 Å². The molecule has 0 saturated heterocycles. The SMILES string of the molecule is FC1(CNc2ncc3c(n2)CCCC=C3c2cnc3nccn3c2)CCCCC1. The highest BCUT2D eigenvalue weighted by atomic mass is 19.1. The summed E-state index contributed by atoms with van der Waals surface area (Å²) in [6.45, 7) is 0.287. The fourth-order valence-corrected chi connectivity index (χ4v) is 4.37. The quantitative estimate of drug-likeness (QED) is 0.714. The van der Waals surface area contributed by atoms with Gasteiger partial charge in [-0.15, -0.1) is 0 Å². The molecule has 0 aliphatic heterocycles. The summed E-state index contributed by atoms with van der Waals surface area (Å²) in [5, 5.41) is 3.16. The Balaban J connectivity index is 1.41.